The van der Waals surface area contributed by atoms with Crippen LogP contribution in [0.2, 0.25) is 0 Å². The summed E-state index contributed by atoms with van der Waals surface area (Å²) >= 11 is 5.54. The van der Waals surface area contributed by atoms with Crippen molar-refractivity contribution in [3.8, 4) is 18.4 Å². The Hall–Kier alpha value is -3.37. The molecule has 5 rings (SSSR count). The van der Waals surface area contributed by atoms with Gasteiger partial charge in [0.05, 0.1) is 31.5 Å². The van der Waals surface area contributed by atoms with Gasteiger partial charge >= 0.3 is 6.03 Å². The van der Waals surface area contributed by atoms with Crippen molar-refractivity contribution in [2.45, 2.75) is 12.1 Å². The number of aromatic nitrogens is 1. The lowest BCUT2D eigenvalue weighted by molar-refractivity contribution is -0.851. The van der Waals surface area contributed by atoms with Crippen LogP contribution in [0, 0.1) is 23.7 Å². The number of imide groups is 1. The second-order valence-corrected chi connectivity index (χ2v) is 8.11. The topological polar surface area (TPSA) is 89.3 Å². The summed E-state index contributed by atoms with van der Waals surface area (Å²) in [6.07, 6.45) is 6.77. The molecule has 1 spiro atoms. The molecule has 4 unspecified atom stereocenters. The van der Waals surface area contributed by atoms with Gasteiger partial charge in [-0.05, 0) is 0 Å². The van der Waals surface area contributed by atoms with Crippen LogP contribution in [0.25, 0.3) is 10.8 Å². The highest BCUT2D eigenvalue weighted by molar-refractivity contribution is 7.80. The fourth-order valence-corrected chi connectivity index (χ4v) is 5.30. The van der Waals surface area contributed by atoms with E-state index >= 15 is 0 Å². The molecule has 3 aliphatic rings. The molecule has 4 atom stereocenters. The van der Waals surface area contributed by atoms with E-state index in [1.807, 2.05) is 6.07 Å². The zero-order valence-corrected chi connectivity index (χ0v) is 16.7. The predicted molar refractivity (Wildman–Crippen MR) is 113 cm³/mol. The SMILES string of the molecule is C#CCNC(=S)C1CN2CC3C(=O)N(c4cnc(C#N)c5ccccc45)C(=O)[N+]31C2. The van der Waals surface area contributed by atoms with Gasteiger partial charge in [0.1, 0.15) is 23.4 Å². The number of nitrogens with one attached hydrogen (secondary N) is 1. The van der Waals surface area contributed by atoms with Gasteiger partial charge in [-0.2, -0.15) is 10.2 Å². The minimum Gasteiger partial charge on any atom is -0.364 e. The molecule has 2 bridgehead atoms. The second kappa shape index (κ2) is 6.57. The lowest BCUT2D eigenvalue weighted by atomic mass is 10.1. The van der Waals surface area contributed by atoms with Crippen LogP contribution >= 0.6 is 12.2 Å². The smallest absolute Gasteiger partial charge is 0.364 e. The minimum absolute atomic E-state index is 0.0381. The van der Waals surface area contributed by atoms with Crippen LogP contribution in [-0.2, 0) is 4.79 Å². The van der Waals surface area contributed by atoms with Gasteiger partial charge in [-0.1, -0.05) is 42.4 Å². The van der Waals surface area contributed by atoms with E-state index in [1.54, 1.807) is 18.2 Å². The van der Waals surface area contributed by atoms with Crippen LogP contribution < -0.4 is 10.2 Å². The number of piperazine rings is 1. The zero-order chi connectivity index (χ0) is 21.0. The van der Waals surface area contributed by atoms with E-state index in [4.69, 9.17) is 18.6 Å². The van der Waals surface area contributed by atoms with Crippen molar-refractivity contribution < 1.29 is 14.1 Å². The number of thiocarbonyl (C=S) groups is 1. The summed E-state index contributed by atoms with van der Waals surface area (Å²) in [5.74, 6) is 2.23. The Labute approximate surface area is 178 Å². The average molecular weight is 417 g/mol. The number of quaternary nitrogens is 1. The number of carbonyl (C=O) groups excluding carboxylic acids is 2. The molecule has 9 heteroatoms. The van der Waals surface area contributed by atoms with Crippen molar-refractivity contribution >= 4 is 45.6 Å². The quantitative estimate of drug-likeness (QED) is 0.344. The number of terminal acetylenes is 1. The minimum atomic E-state index is -0.517. The third-order valence-corrected chi connectivity index (χ3v) is 6.67. The molecule has 0 aliphatic carbocycles. The predicted octanol–water partition coefficient (Wildman–Crippen LogP) is 0.964. The summed E-state index contributed by atoms with van der Waals surface area (Å²) in [5.41, 5.74) is 0.659. The first-order valence-corrected chi connectivity index (χ1v) is 9.91. The molecule has 1 aromatic carbocycles. The van der Waals surface area contributed by atoms with Gasteiger partial charge in [-0.25, -0.2) is 19.2 Å². The third-order valence-electron chi connectivity index (χ3n) is 6.25. The van der Waals surface area contributed by atoms with E-state index < -0.39 is 6.04 Å². The fraction of sp³-hybridized carbons (Fsp3) is 0.286. The molecule has 8 nitrogen and oxygen atoms in total. The number of pyridine rings is 1. The van der Waals surface area contributed by atoms with Gasteiger partial charge < -0.3 is 5.32 Å². The van der Waals surface area contributed by atoms with Crippen molar-refractivity contribution in [3.05, 3.63) is 36.2 Å². The molecule has 2 aromatic rings. The molecule has 3 fully saturated rings. The molecule has 1 aromatic heterocycles. The number of anilines is 1. The third kappa shape index (κ3) is 2.28. The largest absolute Gasteiger partial charge is 0.433 e. The van der Waals surface area contributed by atoms with Gasteiger partial charge in [0, 0.05) is 10.8 Å². The lowest BCUT2D eigenvalue weighted by Crippen LogP contribution is -2.64. The Balaban J connectivity index is 1.61. The highest BCUT2D eigenvalue weighted by atomic mass is 32.1. The van der Waals surface area contributed by atoms with Gasteiger partial charge in [0.25, 0.3) is 5.91 Å². The average Bonchev–Trinajstić information content (AvgIpc) is 3.40. The number of nitriles is 1. The summed E-state index contributed by atoms with van der Waals surface area (Å²) in [6.45, 7) is 1.83. The van der Waals surface area contributed by atoms with Crippen LogP contribution in [0.5, 0.6) is 0 Å². The fourth-order valence-electron chi connectivity index (χ4n) is 4.96. The molecule has 4 heterocycles. The lowest BCUT2D eigenvalue weighted by Gasteiger charge is -2.34. The Morgan fingerprint density at radius 3 is 2.83 bits per heavy atom. The standard InChI is InChI=1S/C21H16N6O2S/c1-2-7-23-19(30)17-10-25-11-18-20(28)26(21(29)27(17,18)12-25)16-9-24-15(8-22)13-5-3-4-6-14(13)16/h1,3-6,9,17-18H,7,10-12H2/p+1. The van der Waals surface area contributed by atoms with Crippen molar-refractivity contribution in [2.24, 2.45) is 0 Å². The van der Waals surface area contributed by atoms with Gasteiger partial charge in [-0.15, -0.1) is 6.42 Å². The molecule has 0 saturated carbocycles. The summed E-state index contributed by atoms with van der Waals surface area (Å²) in [4.78, 5) is 35.3. The molecule has 3 saturated heterocycles. The van der Waals surface area contributed by atoms with Gasteiger partial charge in [0.15, 0.2) is 12.1 Å². The van der Waals surface area contributed by atoms with Crippen molar-refractivity contribution in [1.82, 2.24) is 15.2 Å². The van der Waals surface area contributed by atoms with Crippen molar-refractivity contribution in [2.75, 3.05) is 31.2 Å². The first kappa shape index (κ1) is 18.6. The Morgan fingerprint density at radius 2 is 2.10 bits per heavy atom. The number of amides is 3. The van der Waals surface area contributed by atoms with E-state index in [2.05, 4.69) is 27.2 Å². The molecule has 30 heavy (non-hydrogen) atoms. The molecular formula is C21H17N6O2S+. The van der Waals surface area contributed by atoms with Crippen LogP contribution in [0.3, 0.4) is 0 Å². The van der Waals surface area contributed by atoms with Crippen LogP contribution in [0.15, 0.2) is 30.5 Å². The van der Waals surface area contributed by atoms with Gasteiger partial charge in [-0.3, -0.25) is 4.79 Å². The molecule has 148 valence electrons. The van der Waals surface area contributed by atoms with E-state index in [9.17, 15) is 14.9 Å². The van der Waals surface area contributed by atoms with Gasteiger partial charge in [0.2, 0.25) is 0 Å². The molecule has 3 amide bonds. The number of nitrogens with zero attached hydrogens (tertiary/aromatic N) is 5. The number of carbonyl (C=O) groups is 2. The Bertz CT molecular complexity index is 1210. The van der Waals surface area contributed by atoms with E-state index in [0.29, 0.717) is 41.2 Å². The first-order valence-electron chi connectivity index (χ1n) is 9.50. The van der Waals surface area contributed by atoms with E-state index in [1.165, 1.54) is 11.1 Å². The van der Waals surface area contributed by atoms with E-state index in [-0.39, 0.29) is 34.7 Å². The number of benzene rings is 1. The normalized spacial score (nSPS) is 29.0. The molecule has 0 radical (unpaired) electrons. The summed E-state index contributed by atoms with van der Waals surface area (Å²) in [7, 11) is 0. The monoisotopic (exact) mass is 417 g/mol. The highest BCUT2D eigenvalue weighted by Crippen LogP contribution is 2.44. The first-order chi connectivity index (χ1) is 14.5. The highest BCUT2D eigenvalue weighted by Gasteiger charge is 2.73. The van der Waals surface area contributed by atoms with Crippen LogP contribution in [-0.4, -0.2) is 69.7 Å². The number of hydrogen-bond acceptors (Lipinski definition) is 6. The number of fused-ring (bicyclic) bond motifs is 2. The van der Waals surface area contributed by atoms with Crippen LogP contribution in [0.1, 0.15) is 5.69 Å². The maximum Gasteiger partial charge on any atom is 0.433 e. The molecule has 3 aliphatic heterocycles. The second-order valence-electron chi connectivity index (χ2n) is 7.67. The van der Waals surface area contributed by atoms with Crippen molar-refractivity contribution in [3.63, 3.8) is 0 Å². The summed E-state index contributed by atoms with van der Waals surface area (Å²) in [5, 5.41) is 13.6. The van der Waals surface area contributed by atoms with E-state index in [0.717, 1.165) is 0 Å². The number of hydrogen-bond donors (Lipinski definition) is 1. The van der Waals surface area contributed by atoms with Crippen molar-refractivity contribution in [1.29, 1.82) is 5.26 Å². The Kier molecular flexibility index (Phi) is 4.09. The zero-order valence-electron chi connectivity index (χ0n) is 15.9. The summed E-state index contributed by atoms with van der Waals surface area (Å²) in [6, 6.07) is 8.08. The summed E-state index contributed by atoms with van der Waals surface area (Å²) < 4.78 is -0.0381. The molecule has 1 N–H and O–H groups in total. The molecular weight excluding hydrogens is 400 g/mol. The Morgan fingerprint density at radius 1 is 1.33 bits per heavy atom. The van der Waals surface area contributed by atoms with Crippen LogP contribution in [0.4, 0.5) is 10.5 Å². The number of rotatable bonds is 3. The maximum atomic E-state index is 13.8. The maximum absolute atomic E-state index is 13.8. The number of urea groups is 1.